The maximum absolute atomic E-state index is 2.49. The largest absolute Gasteiger partial charge is 0.0851 e. The molecule has 0 spiro atoms. The molecule has 0 radical (unpaired) electrons. The van der Waals surface area contributed by atoms with Crippen molar-refractivity contribution >= 4 is 0 Å². The van der Waals surface area contributed by atoms with Crippen LogP contribution >= 0.6 is 0 Å². The summed E-state index contributed by atoms with van der Waals surface area (Å²) in [4.78, 5) is 0. The van der Waals surface area contributed by atoms with E-state index < -0.39 is 0 Å². The van der Waals surface area contributed by atoms with Crippen LogP contribution in [0.5, 0.6) is 0 Å². The van der Waals surface area contributed by atoms with Crippen LogP contribution in [0.3, 0.4) is 0 Å². The van der Waals surface area contributed by atoms with Crippen molar-refractivity contribution in [3.8, 4) is 0 Å². The number of hydrogen-bond donors (Lipinski definition) is 0. The molecule has 3 unspecified atom stereocenters. The van der Waals surface area contributed by atoms with Gasteiger partial charge in [-0.3, -0.25) is 0 Å². The first kappa shape index (κ1) is 10.8. The molecule has 13 heavy (non-hydrogen) atoms. The fourth-order valence-electron chi connectivity index (χ4n) is 2.33. The van der Waals surface area contributed by atoms with Crippen LogP contribution in [0.15, 0.2) is 11.6 Å². The molecule has 1 saturated carbocycles. The van der Waals surface area contributed by atoms with Gasteiger partial charge in [-0.25, -0.2) is 0 Å². The fourth-order valence-corrected chi connectivity index (χ4v) is 2.33. The van der Waals surface area contributed by atoms with Gasteiger partial charge in [0.15, 0.2) is 0 Å². The number of hydrogen-bond acceptors (Lipinski definition) is 0. The third-order valence-electron chi connectivity index (χ3n) is 3.58. The summed E-state index contributed by atoms with van der Waals surface area (Å²) >= 11 is 0. The molecule has 0 heterocycles. The molecule has 0 amide bonds. The van der Waals surface area contributed by atoms with Crippen molar-refractivity contribution in [1.82, 2.24) is 0 Å². The lowest BCUT2D eigenvalue weighted by atomic mass is 9.73. The molecule has 1 fully saturated rings. The summed E-state index contributed by atoms with van der Waals surface area (Å²) in [5.41, 5.74) is 1.73. The van der Waals surface area contributed by atoms with Gasteiger partial charge in [-0.2, -0.15) is 0 Å². The normalized spacial score (nSPS) is 38.2. The monoisotopic (exact) mass is 180 g/mol. The van der Waals surface area contributed by atoms with E-state index in [1.807, 2.05) is 0 Å². The van der Waals surface area contributed by atoms with Crippen molar-refractivity contribution in [3.63, 3.8) is 0 Å². The average molecular weight is 180 g/mol. The molecule has 76 valence electrons. The first-order valence-electron chi connectivity index (χ1n) is 5.84. The SMILES string of the molecule is CCC/C=C1\CC(C)C(C)CC1C. The van der Waals surface area contributed by atoms with Gasteiger partial charge in [0.05, 0.1) is 0 Å². The van der Waals surface area contributed by atoms with Gasteiger partial charge in [0.1, 0.15) is 0 Å². The highest BCUT2D eigenvalue weighted by Gasteiger charge is 2.24. The van der Waals surface area contributed by atoms with Crippen LogP contribution in [0.25, 0.3) is 0 Å². The minimum Gasteiger partial charge on any atom is -0.0851 e. The molecule has 0 heteroatoms. The number of unbranched alkanes of at least 4 members (excludes halogenated alkanes) is 1. The van der Waals surface area contributed by atoms with Crippen molar-refractivity contribution in [3.05, 3.63) is 11.6 Å². The first-order valence-corrected chi connectivity index (χ1v) is 5.84. The van der Waals surface area contributed by atoms with Gasteiger partial charge in [-0.15, -0.1) is 0 Å². The molecule has 0 bridgehead atoms. The Morgan fingerprint density at radius 2 is 1.92 bits per heavy atom. The van der Waals surface area contributed by atoms with Gasteiger partial charge in [-0.1, -0.05) is 45.8 Å². The van der Waals surface area contributed by atoms with Crippen LogP contribution in [0.2, 0.25) is 0 Å². The third-order valence-corrected chi connectivity index (χ3v) is 3.58. The second kappa shape index (κ2) is 4.83. The van der Waals surface area contributed by atoms with E-state index in [0.29, 0.717) is 0 Å². The van der Waals surface area contributed by atoms with Crippen molar-refractivity contribution in [2.24, 2.45) is 17.8 Å². The van der Waals surface area contributed by atoms with Gasteiger partial charge < -0.3 is 0 Å². The van der Waals surface area contributed by atoms with Crippen LogP contribution < -0.4 is 0 Å². The van der Waals surface area contributed by atoms with E-state index in [1.54, 1.807) is 5.57 Å². The number of rotatable bonds is 2. The zero-order valence-corrected chi connectivity index (χ0v) is 9.64. The highest BCUT2D eigenvalue weighted by molar-refractivity contribution is 5.10. The molecule has 0 aliphatic heterocycles. The number of allylic oxidation sites excluding steroid dienone is 2. The summed E-state index contributed by atoms with van der Waals surface area (Å²) in [6.45, 7) is 9.45. The quantitative estimate of drug-likeness (QED) is 0.552. The molecular weight excluding hydrogens is 156 g/mol. The lowest BCUT2D eigenvalue weighted by Gasteiger charge is -2.32. The molecule has 0 N–H and O–H groups in total. The fraction of sp³-hybridized carbons (Fsp3) is 0.846. The summed E-state index contributed by atoms with van der Waals surface area (Å²) in [5.74, 6) is 2.67. The van der Waals surface area contributed by atoms with Crippen molar-refractivity contribution in [1.29, 1.82) is 0 Å². The molecule has 3 atom stereocenters. The minimum atomic E-state index is 0.845. The Hall–Kier alpha value is -0.260. The van der Waals surface area contributed by atoms with Crippen LogP contribution in [0, 0.1) is 17.8 Å². The van der Waals surface area contributed by atoms with E-state index >= 15 is 0 Å². The summed E-state index contributed by atoms with van der Waals surface area (Å²) in [7, 11) is 0. The molecule has 0 aromatic heterocycles. The molecular formula is C13H24. The molecule has 1 aliphatic rings. The van der Waals surface area contributed by atoms with E-state index in [-0.39, 0.29) is 0 Å². The van der Waals surface area contributed by atoms with Crippen LogP contribution in [-0.2, 0) is 0 Å². The molecule has 0 aromatic rings. The van der Waals surface area contributed by atoms with Crippen molar-refractivity contribution in [2.75, 3.05) is 0 Å². The highest BCUT2D eigenvalue weighted by atomic mass is 14.3. The molecule has 1 aliphatic carbocycles. The Bertz CT molecular complexity index is 178. The third kappa shape index (κ3) is 2.86. The molecule has 0 saturated heterocycles. The standard InChI is InChI=1S/C13H24/c1-5-6-7-13-9-11(3)10(2)8-12(13)4/h7,10-12H,5-6,8-9H2,1-4H3/b13-7+. The van der Waals surface area contributed by atoms with Crippen molar-refractivity contribution in [2.45, 2.75) is 53.4 Å². The summed E-state index contributed by atoms with van der Waals surface area (Å²) in [6, 6.07) is 0. The van der Waals surface area contributed by atoms with Gasteiger partial charge in [0, 0.05) is 0 Å². The molecule has 0 aromatic carbocycles. The van der Waals surface area contributed by atoms with Crippen LogP contribution in [-0.4, -0.2) is 0 Å². The van der Waals surface area contributed by atoms with Crippen LogP contribution in [0.4, 0.5) is 0 Å². The Morgan fingerprint density at radius 1 is 1.23 bits per heavy atom. The summed E-state index contributed by atoms with van der Waals surface area (Å²) < 4.78 is 0. The Labute approximate surface area is 83.4 Å². The molecule has 0 nitrogen and oxygen atoms in total. The Morgan fingerprint density at radius 3 is 2.54 bits per heavy atom. The van der Waals surface area contributed by atoms with Gasteiger partial charge in [0.25, 0.3) is 0 Å². The minimum absolute atomic E-state index is 0.845. The highest BCUT2D eigenvalue weighted by Crippen LogP contribution is 2.37. The second-order valence-corrected chi connectivity index (χ2v) is 4.86. The van der Waals surface area contributed by atoms with E-state index in [9.17, 15) is 0 Å². The first-order chi connectivity index (χ1) is 6.15. The van der Waals surface area contributed by atoms with E-state index in [0.717, 1.165) is 17.8 Å². The van der Waals surface area contributed by atoms with Crippen LogP contribution in [0.1, 0.15) is 53.4 Å². The zero-order chi connectivity index (χ0) is 9.84. The zero-order valence-electron chi connectivity index (χ0n) is 9.64. The molecule has 1 rings (SSSR count). The maximum Gasteiger partial charge on any atom is -0.0229 e. The van der Waals surface area contributed by atoms with Gasteiger partial charge in [0.2, 0.25) is 0 Å². The topological polar surface area (TPSA) is 0 Å². The lowest BCUT2D eigenvalue weighted by molar-refractivity contribution is 0.276. The maximum atomic E-state index is 2.49. The van der Waals surface area contributed by atoms with E-state index in [4.69, 9.17) is 0 Å². The Kier molecular flexibility index (Phi) is 4.02. The lowest BCUT2D eigenvalue weighted by Crippen LogP contribution is -2.21. The second-order valence-electron chi connectivity index (χ2n) is 4.86. The Balaban J connectivity index is 2.55. The van der Waals surface area contributed by atoms with Gasteiger partial charge in [-0.05, 0) is 37.0 Å². The van der Waals surface area contributed by atoms with Crippen molar-refractivity contribution < 1.29 is 0 Å². The summed E-state index contributed by atoms with van der Waals surface area (Å²) in [5, 5.41) is 0. The average Bonchev–Trinajstić information content (AvgIpc) is 2.09. The predicted molar refractivity (Wildman–Crippen MR) is 59.7 cm³/mol. The predicted octanol–water partition coefficient (Wildman–Crippen LogP) is 4.42. The van der Waals surface area contributed by atoms with E-state index in [2.05, 4.69) is 33.8 Å². The summed E-state index contributed by atoms with van der Waals surface area (Å²) in [6.07, 6.45) is 7.81. The smallest absolute Gasteiger partial charge is 0.0229 e. The van der Waals surface area contributed by atoms with Gasteiger partial charge >= 0.3 is 0 Å². The van der Waals surface area contributed by atoms with E-state index in [1.165, 1.54) is 25.7 Å².